The van der Waals surface area contributed by atoms with Crippen molar-refractivity contribution in [1.82, 2.24) is 4.90 Å². The molecule has 0 aromatic rings. The average Bonchev–Trinajstić information content (AvgIpc) is 3.07. The van der Waals surface area contributed by atoms with Crippen LogP contribution in [-0.4, -0.2) is 42.4 Å². The second-order valence-corrected chi connectivity index (χ2v) is 5.40. The zero-order valence-electron chi connectivity index (χ0n) is 11.8. The number of hydrogen-bond acceptors (Lipinski definition) is 4. The van der Waals surface area contributed by atoms with Crippen LogP contribution in [0.4, 0.5) is 0 Å². The molecule has 1 saturated carbocycles. The van der Waals surface area contributed by atoms with Gasteiger partial charge in [0.15, 0.2) is 5.78 Å². The molecule has 4 heteroatoms. The fraction of sp³-hybridized carbons (Fsp3) is 0.857. The van der Waals surface area contributed by atoms with E-state index in [1.807, 2.05) is 0 Å². The zero-order chi connectivity index (χ0) is 13.5. The Labute approximate surface area is 110 Å². The predicted octanol–water partition coefficient (Wildman–Crippen LogP) is 2.02. The maximum atomic E-state index is 11.8. The Morgan fingerprint density at radius 2 is 2.00 bits per heavy atom. The molecule has 0 amide bonds. The number of ether oxygens (including phenoxy) is 1. The third-order valence-electron chi connectivity index (χ3n) is 3.08. The lowest BCUT2D eigenvalue weighted by atomic mass is 10.1. The first-order valence-corrected chi connectivity index (χ1v) is 6.94. The van der Waals surface area contributed by atoms with Crippen LogP contribution in [0.2, 0.25) is 0 Å². The molecule has 0 aromatic carbocycles. The van der Waals surface area contributed by atoms with E-state index in [2.05, 4.69) is 18.7 Å². The topological polar surface area (TPSA) is 46.6 Å². The number of nitrogens with zero attached hydrogens (tertiary/aromatic N) is 1. The number of carbonyl (C=O) groups is 2. The van der Waals surface area contributed by atoms with Crippen LogP contribution in [0.3, 0.4) is 0 Å². The van der Waals surface area contributed by atoms with Gasteiger partial charge in [-0.2, -0.15) is 0 Å². The molecule has 4 nitrogen and oxygen atoms in total. The Hall–Kier alpha value is -0.900. The monoisotopic (exact) mass is 255 g/mol. The Bertz CT molecular complexity index is 285. The van der Waals surface area contributed by atoms with Crippen molar-refractivity contribution in [2.45, 2.75) is 52.5 Å². The molecule has 0 unspecified atom stereocenters. The van der Waals surface area contributed by atoms with Gasteiger partial charge in [-0.15, -0.1) is 0 Å². The van der Waals surface area contributed by atoms with Crippen LogP contribution in [0.5, 0.6) is 0 Å². The second-order valence-electron chi connectivity index (χ2n) is 5.40. The van der Waals surface area contributed by atoms with Crippen molar-refractivity contribution in [3.05, 3.63) is 0 Å². The number of rotatable bonds is 9. The molecule has 0 saturated heterocycles. The predicted molar refractivity (Wildman–Crippen MR) is 70.3 cm³/mol. The maximum Gasteiger partial charge on any atom is 0.313 e. The number of Topliss-reactive ketones (excluding diaryl/α,β-unsaturated/α-hetero) is 1. The highest BCUT2D eigenvalue weighted by atomic mass is 16.5. The van der Waals surface area contributed by atoms with Gasteiger partial charge in [0.25, 0.3) is 0 Å². The molecule has 1 aliphatic carbocycles. The van der Waals surface area contributed by atoms with Crippen LogP contribution in [0, 0.1) is 5.92 Å². The molecule has 0 radical (unpaired) electrons. The summed E-state index contributed by atoms with van der Waals surface area (Å²) in [7, 11) is 0. The van der Waals surface area contributed by atoms with E-state index >= 15 is 0 Å². The Balaban J connectivity index is 2.31. The summed E-state index contributed by atoms with van der Waals surface area (Å²) < 4.78 is 4.79. The Kier molecular flexibility index (Phi) is 6.33. The molecular weight excluding hydrogens is 230 g/mol. The SMILES string of the molecule is CCOC(=O)CC(=O)CN(CCC(C)C)C1CC1. The van der Waals surface area contributed by atoms with E-state index in [1.54, 1.807) is 6.92 Å². The van der Waals surface area contributed by atoms with E-state index in [9.17, 15) is 9.59 Å². The van der Waals surface area contributed by atoms with E-state index in [4.69, 9.17) is 4.74 Å². The zero-order valence-corrected chi connectivity index (χ0v) is 11.8. The second kappa shape index (κ2) is 7.52. The molecule has 1 rings (SSSR count). The average molecular weight is 255 g/mol. The summed E-state index contributed by atoms with van der Waals surface area (Å²) in [6, 6.07) is 0.565. The molecule has 0 spiro atoms. The number of hydrogen-bond donors (Lipinski definition) is 0. The highest BCUT2D eigenvalue weighted by molar-refractivity contribution is 5.96. The first kappa shape index (κ1) is 15.2. The Morgan fingerprint density at radius 3 is 2.50 bits per heavy atom. The molecular formula is C14H25NO3. The summed E-state index contributed by atoms with van der Waals surface area (Å²) >= 11 is 0. The molecule has 1 aliphatic rings. The van der Waals surface area contributed by atoms with Crippen molar-refractivity contribution >= 4 is 11.8 Å². The minimum Gasteiger partial charge on any atom is -0.466 e. The normalized spacial score (nSPS) is 15.2. The van der Waals surface area contributed by atoms with Gasteiger partial charge in [0.05, 0.1) is 13.2 Å². The minimum absolute atomic E-state index is 0.0240. The van der Waals surface area contributed by atoms with E-state index in [0.29, 0.717) is 25.1 Å². The first-order valence-electron chi connectivity index (χ1n) is 6.94. The molecule has 18 heavy (non-hydrogen) atoms. The van der Waals surface area contributed by atoms with Crippen LogP contribution in [0.25, 0.3) is 0 Å². The lowest BCUT2D eigenvalue weighted by molar-refractivity contribution is -0.145. The smallest absolute Gasteiger partial charge is 0.313 e. The highest BCUT2D eigenvalue weighted by Crippen LogP contribution is 2.27. The van der Waals surface area contributed by atoms with Gasteiger partial charge in [0.1, 0.15) is 6.42 Å². The fourth-order valence-corrected chi connectivity index (χ4v) is 1.91. The van der Waals surface area contributed by atoms with Crippen molar-refractivity contribution in [3.8, 4) is 0 Å². The van der Waals surface area contributed by atoms with Gasteiger partial charge >= 0.3 is 5.97 Å². The van der Waals surface area contributed by atoms with Gasteiger partial charge < -0.3 is 4.74 Å². The number of ketones is 1. The van der Waals surface area contributed by atoms with E-state index < -0.39 is 5.97 Å². The van der Waals surface area contributed by atoms with Crippen molar-refractivity contribution in [3.63, 3.8) is 0 Å². The quantitative estimate of drug-likeness (QED) is 0.467. The minimum atomic E-state index is -0.401. The van der Waals surface area contributed by atoms with E-state index in [-0.39, 0.29) is 12.2 Å². The third-order valence-corrected chi connectivity index (χ3v) is 3.08. The van der Waals surface area contributed by atoms with Crippen LogP contribution >= 0.6 is 0 Å². The summed E-state index contributed by atoms with van der Waals surface area (Å²) in [4.78, 5) is 25.2. The summed E-state index contributed by atoms with van der Waals surface area (Å²) in [5.74, 6) is 0.220. The van der Waals surface area contributed by atoms with Gasteiger partial charge in [-0.25, -0.2) is 0 Å². The summed E-state index contributed by atoms with van der Waals surface area (Å²) in [6.07, 6.45) is 3.39. The fourth-order valence-electron chi connectivity index (χ4n) is 1.91. The van der Waals surface area contributed by atoms with Gasteiger partial charge in [-0.3, -0.25) is 14.5 Å². The third kappa shape index (κ3) is 6.15. The highest BCUT2D eigenvalue weighted by Gasteiger charge is 2.30. The summed E-state index contributed by atoms with van der Waals surface area (Å²) in [5.41, 5.74) is 0. The molecule has 104 valence electrons. The number of esters is 1. The van der Waals surface area contributed by atoms with Gasteiger partial charge in [-0.1, -0.05) is 13.8 Å². The molecule has 0 heterocycles. The molecule has 0 aliphatic heterocycles. The molecule has 0 N–H and O–H groups in total. The van der Waals surface area contributed by atoms with Crippen molar-refractivity contribution in [2.75, 3.05) is 19.7 Å². The van der Waals surface area contributed by atoms with E-state index in [0.717, 1.165) is 13.0 Å². The standard InChI is InChI=1S/C14H25NO3/c1-4-18-14(17)9-13(16)10-15(12-5-6-12)8-7-11(2)3/h11-12H,4-10H2,1-3H3. The van der Waals surface area contributed by atoms with Crippen LogP contribution in [-0.2, 0) is 14.3 Å². The molecule has 0 bridgehead atoms. The van der Waals surface area contributed by atoms with E-state index in [1.165, 1.54) is 12.8 Å². The Morgan fingerprint density at radius 1 is 1.33 bits per heavy atom. The van der Waals surface area contributed by atoms with Crippen molar-refractivity contribution < 1.29 is 14.3 Å². The van der Waals surface area contributed by atoms with Gasteiger partial charge in [0, 0.05) is 6.04 Å². The van der Waals surface area contributed by atoms with Crippen LogP contribution in [0.15, 0.2) is 0 Å². The summed E-state index contributed by atoms with van der Waals surface area (Å²) in [6.45, 7) is 7.82. The summed E-state index contributed by atoms with van der Waals surface area (Å²) in [5, 5.41) is 0. The van der Waals surface area contributed by atoms with Crippen molar-refractivity contribution in [2.24, 2.45) is 5.92 Å². The molecule has 1 fully saturated rings. The lowest BCUT2D eigenvalue weighted by Gasteiger charge is -2.21. The largest absolute Gasteiger partial charge is 0.466 e. The van der Waals surface area contributed by atoms with Crippen LogP contribution < -0.4 is 0 Å². The lowest BCUT2D eigenvalue weighted by Crippen LogP contribution is -2.34. The van der Waals surface area contributed by atoms with Gasteiger partial charge in [0.2, 0.25) is 0 Å². The first-order chi connectivity index (χ1) is 8.52. The molecule has 0 aromatic heterocycles. The van der Waals surface area contributed by atoms with Crippen molar-refractivity contribution in [1.29, 1.82) is 0 Å². The molecule has 0 atom stereocenters. The maximum absolute atomic E-state index is 11.8. The number of carbonyl (C=O) groups excluding carboxylic acids is 2. The van der Waals surface area contributed by atoms with Crippen LogP contribution in [0.1, 0.15) is 46.5 Å². The van der Waals surface area contributed by atoms with Gasteiger partial charge in [-0.05, 0) is 38.6 Å².